The summed E-state index contributed by atoms with van der Waals surface area (Å²) in [5, 5.41) is 18.9. The normalized spacial score (nSPS) is 11.0. The van der Waals surface area contributed by atoms with Crippen LogP contribution in [0.5, 0.6) is 11.5 Å². The predicted molar refractivity (Wildman–Crippen MR) is 80.4 cm³/mol. The molecule has 0 aromatic heterocycles. The lowest BCUT2D eigenvalue weighted by atomic mass is 10.2. The van der Waals surface area contributed by atoms with E-state index in [1.54, 1.807) is 18.2 Å². The summed E-state index contributed by atoms with van der Waals surface area (Å²) in [4.78, 5) is 11.5. The number of esters is 1. The van der Waals surface area contributed by atoms with Crippen LogP contribution in [0, 0.1) is 0 Å². The molecule has 0 atom stereocenters. The molecule has 0 heterocycles. The second kappa shape index (κ2) is 6.96. The van der Waals surface area contributed by atoms with Crippen LogP contribution in [-0.4, -0.2) is 16.2 Å². The molecule has 0 aliphatic rings. The van der Waals surface area contributed by atoms with Crippen molar-refractivity contribution in [3.63, 3.8) is 0 Å². The number of carbonyl (C=O) groups is 1. The fourth-order valence-corrected chi connectivity index (χ4v) is 1.62. The first-order chi connectivity index (χ1) is 10.2. The minimum Gasteiger partial charge on any atom is -0.504 e. The number of carbonyl (C=O) groups excluding carboxylic acids is 1. The second-order valence-corrected chi connectivity index (χ2v) is 4.20. The van der Waals surface area contributed by atoms with Gasteiger partial charge in [-0.3, -0.25) is 0 Å². The molecular formula is C17H14O4. The highest BCUT2D eigenvalue weighted by Crippen LogP contribution is 2.28. The Morgan fingerprint density at radius 3 is 2.48 bits per heavy atom. The van der Waals surface area contributed by atoms with Crippen LogP contribution in [0.25, 0.3) is 12.2 Å². The Kier molecular flexibility index (Phi) is 4.77. The lowest BCUT2D eigenvalue weighted by molar-refractivity contribution is -0.132. The zero-order chi connectivity index (χ0) is 15.1. The molecule has 0 bridgehead atoms. The highest BCUT2D eigenvalue weighted by Gasteiger charge is 2.03. The van der Waals surface area contributed by atoms with Crippen LogP contribution in [0.15, 0.2) is 60.9 Å². The van der Waals surface area contributed by atoms with Gasteiger partial charge in [-0.25, -0.2) is 4.79 Å². The number of ether oxygens (including phenoxy) is 1. The molecule has 0 amide bonds. The van der Waals surface area contributed by atoms with E-state index in [4.69, 9.17) is 4.74 Å². The summed E-state index contributed by atoms with van der Waals surface area (Å²) in [6.45, 7) is 0. The number of aromatic hydroxyl groups is 2. The molecule has 0 aliphatic heterocycles. The van der Waals surface area contributed by atoms with Gasteiger partial charge in [0, 0.05) is 11.6 Å². The maximum Gasteiger partial charge on any atom is 0.335 e. The monoisotopic (exact) mass is 282 g/mol. The molecule has 2 aromatic carbocycles. The Labute approximate surface area is 122 Å². The zero-order valence-corrected chi connectivity index (χ0v) is 11.1. The van der Waals surface area contributed by atoms with Crippen LogP contribution in [0.1, 0.15) is 11.1 Å². The van der Waals surface area contributed by atoms with E-state index < -0.39 is 5.97 Å². The van der Waals surface area contributed by atoms with E-state index in [0.29, 0.717) is 5.56 Å². The molecule has 106 valence electrons. The molecule has 4 nitrogen and oxygen atoms in total. The van der Waals surface area contributed by atoms with Gasteiger partial charge in [-0.05, 0) is 23.8 Å². The molecule has 0 saturated heterocycles. The largest absolute Gasteiger partial charge is 0.504 e. The average Bonchev–Trinajstić information content (AvgIpc) is 2.50. The Bertz CT molecular complexity index is 672. The van der Waals surface area contributed by atoms with Crippen molar-refractivity contribution in [3.8, 4) is 11.5 Å². The third-order valence-electron chi connectivity index (χ3n) is 2.69. The van der Waals surface area contributed by atoms with E-state index in [1.807, 2.05) is 30.3 Å². The minimum atomic E-state index is -0.579. The quantitative estimate of drug-likeness (QED) is 0.391. The fourth-order valence-electron chi connectivity index (χ4n) is 1.62. The van der Waals surface area contributed by atoms with Crippen molar-refractivity contribution in [2.75, 3.05) is 0 Å². The molecular weight excluding hydrogens is 268 g/mol. The molecule has 21 heavy (non-hydrogen) atoms. The number of phenolic OH excluding ortho intramolecular Hbond substituents is 2. The van der Waals surface area contributed by atoms with Crippen LogP contribution in [0.2, 0.25) is 0 Å². The number of hydrogen-bond donors (Lipinski definition) is 2. The molecule has 0 saturated carbocycles. The number of rotatable bonds is 4. The van der Waals surface area contributed by atoms with Gasteiger partial charge in [-0.15, -0.1) is 0 Å². The number of benzene rings is 2. The first-order valence-corrected chi connectivity index (χ1v) is 6.28. The van der Waals surface area contributed by atoms with E-state index in [0.717, 1.165) is 5.56 Å². The van der Waals surface area contributed by atoms with Gasteiger partial charge in [0.15, 0.2) is 11.5 Å². The molecule has 2 aromatic rings. The summed E-state index contributed by atoms with van der Waals surface area (Å²) < 4.78 is 4.89. The van der Waals surface area contributed by atoms with Crippen LogP contribution < -0.4 is 0 Å². The standard InChI is InChI=1S/C17H14O4/c18-15-8-4-7-14(17(15)20)9-10-16(19)21-12-11-13-5-2-1-3-6-13/h1-12,18,20H/b10-9+,12-11+. The first-order valence-electron chi connectivity index (χ1n) is 6.28. The van der Waals surface area contributed by atoms with Gasteiger partial charge >= 0.3 is 5.97 Å². The SMILES string of the molecule is O=C(/C=C/c1cccc(O)c1O)O/C=C/c1ccccc1. The van der Waals surface area contributed by atoms with Crippen LogP contribution in [0.3, 0.4) is 0 Å². The molecule has 2 rings (SSSR count). The van der Waals surface area contributed by atoms with Crippen LogP contribution in [-0.2, 0) is 9.53 Å². The summed E-state index contributed by atoms with van der Waals surface area (Å²) in [6.07, 6.45) is 5.50. The summed E-state index contributed by atoms with van der Waals surface area (Å²) in [5.74, 6) is -1.10. The summed E-state index contributed by atoms with van der Waals surface area (Å²) >= 11 is 0. The van der Waals surface area contributed by atoms with Crippen molar-refractivity contribution in [2.45, 2.75) is 0 Å². The number of hydrogen-bond acceptors (Lipinski definition) is 4. The van der Waals surface area contributed by atoms with Crippen LogP contribution >= 0.6 is 0 Å². The third kappa shape index (κ3) is 4.24. The molecule has 0 radical (unpaired) electrons. The van der Waals surface area contributed by atoms with E-state index in [2.05, 4.69) is 0 Å². The number of phenols is 2. The van der Waals surface area contributed by atoms with Gasteiger partial charge in [0.25, 0.3) is 0 Å². The molecule has 2 N–H and O–H groups in total. The van der Waals surface area contributed by atoms with Crippen LogP contribution in [0.4, 0.5) is 0 Å². The highest BCUT2D eigenvalue weighted by atomic mass is 16.5. The zero-order valence-electron chi connectivity index (χ0n) is 11.1. The first kappa shape index (κ1) is 14.4. The van der Waals surface area contributed by atoms with Crippen molar-refractivity contribution in [1.29, 1.82) is 0 Å². The van der Waals surface area contributed by atoms with Gasteiger partial charge in [0.2, 0.25) is 0 Å². The molecule has 0 fully saturated rings. The molecule has 4 heteroatoms. The van der Waals surface area contributed by atoms with E-state index in [1.165, 1.54) is 24.5 Å². The number of para-hydroxylation sites is 1. The Hall–Kier alpha value is -3.01. The average molecular weight is 282 g/mol. The van der Waals surface area contributed by atoms with Gasteiger partial charge in [-0.1, -0.05) is 42.5 Å². The lowest BCUT2D eigenvalue weighted by Gasteiger charge is -2.00. The summed E-state index contributed by atoms with van der Waals surface area (Å²) in [6, 6.07) is 13.9. The van der Waals surface area contributed by atoms with Crippen molar-refractivity contribution in [3.05, 3.63) is 72.0 Å². The van der Waals surface area contributed by atoms with E-state index in [-0.39, 0.29) is 11.5 Å². The van der Waals surface area contributed by atoms with Gasteiger partial charge in [-0.2, -0.15) is 0 Å². The Balaban J connectivity index is 1.94. The topological polar surface area (TPSA) is 66.8 Å². The van der Waals surface area contributed by atoms with Gasteiger partial charge in [0.1, 0.15) is 0 Å². The second-order valence-electron chi connectivity index (χ2n) is 4.20. The Morgan fingerprint density at radius 1 is 0.952 bits per heavy atom. The van der Waals surface area contributed by atoms with Crippen molar-refractivity contribution >= 4 is 18.1 Å². The predicted octanol–water partition coefficient (Wildman–Crippen LogP) is 3.33. The minimum absolute atomic E-state index is 0.241. The Morgan fingerprint density at radius 2 is 1.71 bits per heavy atom. The highest BCUT2D eigenvalue weighted by molar-refractivity contribution is 5.88. The van der Waals surface area contributed by atoms with E-state index in [9.17, 15) is 15.0 Å². The lowest BCUT2D eigenvalue weighted by Crippen LogP contribution is -1.93. The maximum atomic E-state index is 11.5. The van der Waals surface area contributed by atoms with E-state index >= 15 is 0 Å². The van der Waals surface area contributed by atoms with Gasteiger partial charge in [0.05, 0.1) is 6.26 Å². The maximum absolute atomic E-state index is 11.5. The van der Waals surface area contributed by atoms with Crippen molar-refractivity contribution in [2.24, 2.45) is 0 Å². The van der Waals surface area contributed by atoms with Crippen molar-refractivity contribution in [1.82, 2.24) is 0 Å². The van der Waals surface area contributed by atoms with Crippen molar-refractivity contribution < 1.29 is 19.7 Å². The third-order valence-corrected chi connectivity index (χ3v) is 2.69. The molecule has 0 unspecified atom stereocenters. The summed E-state index contributed by atoms with van der Waals surface area (Å²) in [7, 11) is 0. The van der Waals surface area contributed by atoms with Gasteiger partial charge < -0.3 is 14.9 Å². The smallest absolute Gasteiger partial charge is 0.335 e. The molecule has 0 spiro atoms. The fraction of sp³-hybridized carbons (Fsp3) is 0. The summed E-state index contributed by atoms with van der Waals surface area (Å²) in [5.41, 5.74) is 1.25. The molecule has 0 aliphatic carbocycles.